The molecule has 2 unspecified atom stereocenters. The maximum absolute atomic E-state index is 14.2. The van der Waals surface area contributed by atoms with Crippen LogP contribution in [0.25, 0.3) is 0 Å². The van der Waals surface area contributed by atoms with Gasteiger partial charge in [0.2, 0.25) is 0 Å². The molecule has 0 spiro atoms. The molecule has 0 aromatic heterocycles. The minimum absolute atomic E-state index is 0.0345. The SMILES string of the molecule is Cc1cc(C2=NOC(c3cc(Cl)cc(Cl)c3)(C(F)(F)F)C2)ccc1C(=O)NS(=O)c1ccccc1. The molecule has 1 N–H and O–H groups in total. The number of aryl methyl sites for hydroxylation is 1. The minimum Gasteiger partial charge on any atom is -0.374 e. The van der Waals surface area contributed by atoms with E-state index >= 15 is 0 Å². The zero-order valence-corrected chi connectivity index (χ0v) is 20.4. The molecule has 0 saturated carbocycles. The molecule has 1 heterocycles. The van der Waals surface area contributed by atoms with Crippen LogP contribution in [0.4, 0.5) is 13.2 Å². The molecule has 0 bridgehead atoms. The third kappa shape index (κ3) is 5.07. The van der Waals surface area contributed by atoms with Gasteiger partial charge in [0, 0.05) is 27.6 Å². The van der Waals surface area contributed by atoms with Gasteiger partial charge in [-0.25, -0.2) is 4.21 Å². The molecule has 0 aliphatic carbocycles. The molecule has 3 aromatic carbocycles. The van der Waals surface area contributed by atoms with Crippen LogP contribution < -0.4 is 4.72 Å². The molecule has 1 aliphatic heterocycles. The van der Waals surface area contributed by atoms with E-state index in [0.717, 1.165) is 12.1 Å². The second kappa shape index (κ2) is 9.64. The molecule has 4 rings (SSSR count). The maximum atomic E-state index is 14.2. The van der Waals surface area contributed by atoms with Gasteiger partial charge in [0.15, 0.2) is 11.0 Å². The quantitative estimate of drug-likeness (QED) is 0.410. The maximum Gasteiger partial charge on any atom is 0.435 e. The van der Waals surface area contributed by atoms with Crippen LogP contribution in [0.2, 0.25) is 10.0 Å². The van der Waals surface area contributed by atoms with Crippen molar-refractivity contribution < 1.29 is 27.0 Å². The summed E-state index contributed by atoms with van der Waals surface area (Å²) in [6.07, 6.45) is -5.43. The normalized spacial score (nSPS) is 18.5. The Bertz CT molecular complexity index is 1330. The van der Waals surface area contributed by atoms with Crippen molar-refractivity contribution in [2.24, 2.45) is 5.16 Å². The fraction of sp³-hybridized carbons (Fsp3) is 0.167. The zero-order valence-electron chi connectivity index (χ0n) is 18.0. The number of nitrogens with one attached hydrogen (secondary N) is 1. The van der Waals surface area contributed by atoms with Gasteiger partial charge in [-0.05, 0) is 60.5 Å². The molecule has 1 aliphatic rings. The Labute approximate surface area is 211 Å². The number of hydrogen-bond donors (Lipinski definition) is 1. The topological polar surface area (TPSA) is 67.8 Å². The lowest BCUT2D eigenvalue weighted by Gasteiger charge is -2.29. The van der Waals surface area contributed by atoms with Crippen molar-refractivity contribution in [2.75, 3.05) is 0 Å². The second-order valence-electron chi connectivity index (χ2n) is 7.83. The molecule has 2 atom stereocenters. The molecular formula is C24H17Cl2F3N2O3S. The summed E-state index contributed by atoms with van der Waals surface area (Å²) in [4.78, 5) is 18.1. The Balaban J connectivity index is 1.58. The van der Waals surface area contributed by atoms with Gasteiger partial charge in [0.05, 0.1) is 10.6 Å². The summed E-state index contributed by atoms with van der Waals surface area (Å²) >= 11 is 11.9. The number of benzene rings is 3. The Morgan fingerprint density at radius 1 is 1.06 bits per heavy atom. The summed E-state index contributed by atoms with van der Waals surface area (Å²) < 4.78 is 57.4. The standard InChI is InChI=1S/C24H17Cl2F3N2O3S/c1-14-9-15(7-8-20(14)22(32)31-35(33)19-5-3-2-4-6-19)21-13-23(34-30-21,24(27,28)29)16-10-17(25)12-18(26)11-16/h2-12H,13H2,1H3,(H,31,32). The van der Waals surface area contributed by atoms with E-state index in [1.54, 1.807) is 37.3 Å². The average Bonchev–Trinajstić information content (AvgIpc) is 3.26. The summed E-state index contributed by atoms with van der Waals surface area (Å²) in [5.41, 5.74) is -1.95. The average molecular weight is 541 g/mol. The number of amides is 1. The van der Waals surface area contributed by atoms with Crippen molar-refractivity contribution in [3.63, 3.8) is 0 Å². The number of alkyl halides is 3. The third-order valence-corrected chi connectivity index (χ3v) is 6.97. The van der Waals surface area contributed by atoms with Crippen LogP contribution in [0.15, 0.2) is 76.8 Å². The highest BCUT2D eigenvalue weighted by Gasteiger charge is 2.62. The molecule has 5 nitrogen and oxygen atoms in total. The number of carbonyl (C=O) groups is 1. The van der Waals surface area contributed by atoms with Crippen LogP contribution in [-0.4, -0.2) is 22.0 Å². The van der Waals surface area contributed by atoms with Gasteiger partial charge >= 0.3 is 6.18 Å². The predicted molar refractivity (Wildman–Crippen MR) is 128 cm³/mol. The third-order valence-electron chi connectivity index (χ3n) is 5.46. The predicted octanol–water partition coefficient (Wildman–Crippen LogP) is 6.34. The number of rotatable bonds is 5. The van der Waals surface area contributed by atoms with Gasteiger partial charge in [-0.3, -0.25) is 9.52 Å². The lowest BCUT2D eigenvalue weighted by atomic mass is 9.86. The van der Waals surface area contributed by atoms with Gasteiger partial charge < -0.3 is 4.84 Å². The Morgan fingerprint density at radius 2 is 1.71 bits per heavy atom. The van der Waals surface area contributed by atoms with Crippen LogP contribution >= 0.6 is 23.2 Å². The van der Waals surface area contributed by atoms with Crippen LogP contribution in [0, 0.1) is 6.92 Å². The highest BCUT2D eigenvalue weighted by molar-refractivity contribution is 7.83. The summed E-state index contributed by atoms with van der Waals surface area (Å²) in [7, 11) is -1.76. The molecule has 182 valence electrons. The van der Waals surface area contributed by atoms with Crippen LogP contribution in [-0.2, 0) is 21.4 Å². The van der Waals surface area contributed by atoms with Gasteiger partial charge in [-0.1, -0.05) is 52.6 Å². The van der Waals surface area contributed by atoms with Gasteiger partial charge in [0.25, 0.3) is 11.5 Å². The number of hydrogen-bond acceptors (Lipinski definition) is 4. The number of halogens is 5. The van der Waals surface area contributed by atoms with E-state index in [1.165, 1.54) is 24.3 Å². The molecule has 0 saturated heterocycles. The van der Waals surface area contributed by atoms with Crippen molar-refractivity contribution in [1.29, 1.82) is 0 Å². The van der Waals surface area contributed by atoms with Crippen LogP contribution in [0.5, 0.6) is 0 Å². The first-order valence-corrected chi connectivity index (χ1v) is 12.1. The minimum atomic E-state index is -4.82. The second-order valence-corrected chi connectivity index (χ2v) is 9.92. The first kappa shape index (κ1) is 25.2. The first-order valence-electron chi connectivity index (χ1n) is 10.2. The van der Waals surface area contributed by atoms with Crippen molar-refractivity contribution in [1.82, 2.24) is 4.72 Å². The van der Waals surface area contributed by atoms with E-state index in [-0.39, 0.29) is 26.9 Å². The van der Waals surface area contributed by atoms with Crippen LogP contribution in [0.1, 0.15) is 33.5 Å². The van der Waals surface area contributed by atoms with Crippen molar-refractivity contribution in [2.45, 2.75) is 30.0 Å². The molecular weight excluding hydrogens is 524 g/mol. The first-order chi connectivity index (χ1) is 16.5. The molecule has 3 aromatic rings. The Hall–Kier alpha value is -2.88. The molecule has 11 heteroatoms. The number of oxime groups is 1. The smallest absolute Gasteiger partial charge is 0.374 e. The largest absolute Gasteiger partial charge is 0.435 e. The van der Waals surface area contributed by atoms with E-state index in [9.17, 15) is 22.2 Å². The molecule has 0 fully saturated rings. The van der Waals surface area contributed by atoms with E-state index in [1.807, 2.05) is 0 Å². The summed E-state index contributed by atoms with van der Waals surface area (Å²) in [5.74, 6) is -0.584. The number of carbonyl (C=O) groups excluding carboxylic acids is 1. The van der Waals surface area contributed by atoms with E-state index < -0.39 is 35.1 Å². The highest BCUT2D eigenvalue weighted by atomic mass is 35.5. The fourth-order valence-electron chi connectivity index (χ4n) is 3.69. The van der Waals surface area contributed by atoms with E-state index in [4.69, 9.17) is 28.0 Å². The Morgan fingerprint density at radius 3 is 2.31 bits per heavy atom. The zero-order chi connectivity index (χ0) is 25.4. The van der Waals surface area contributed by atoms with Crippen molar-refractivity contribution >= 4 is 45.8 Å². The van der Waals surface area contributed by atoms with E-state index in [0.29, 0.717) is 16.0 Å². The lowest BCUT2D eigenvalue weighted by molar-refractivity contribution is -0.275. The van der Waals surface area contributed by atoms with E-state index in [2.05, 4.69) is 9.88 Å². The monoisotopic (exact) mass is 540 g/mol. The summed E-state index contributed by atoms with van der Waals surface area (Å²) in [6.45, 7) is 1.62. The highest BCUT2D eigenvalue weighted by Crippen LogP contribution is 2.49. The van der Waals surface area contributed by atoms with Crippen LogP contribution in [0.3, 0.4) is 0 Å². The van der Waals surface area contributed by atoms with Crippen molar-refractivity contribution in [3.05, 3.63) is 99.0 Å². The van der Waals surface area contributed by atoms with Gasteiger partial charge in [-0.2, -0.15) is 13.2 Å². The van der Waals surface area contributed by atoms with Gasteiger partial charge in [-0.15, -0.1) is 0 Å². The lowest BCUT2D eigenvalue weighted by Crippen LogP contribution is -2.42. The molecule has 0 radical (unpaired) electrons. The summed E-state index contributed by atoms with van der Waals surface area (Å²) in [6, 6.07) is 16.4. The fourth-order valence-corrected chi connectivity index (χ4v) is 5.01. The summed E-state index contributed by atoms with van der Waals surface area (Å²) in [5, 5.41) is 3.80. The molecule has 35 heavy (non-hydrogen) atoms. The van der Waals surface area contributed by atoms with Crippen molar-refractivity contribution in [3.8, 4) is 0 Å². The molecule has 1 amide bonds. The Kier molecular flexibility index (Phi) is 6.95. The van der Waals surface area contributed by atoms with Gasteiger partial charge in [0.1, 0.15) is 0 Å². The number of nitrogens with zero attached hydrogens (tertiary/aromatic N) is 1.